The summed E-state index contributed by atoms with van der Waals surface area (Å²) in [5, 5.41) is 0. The highest BCUT2D eigenvalue weighted by molar-refractivity contribution is 7.86. The molecule has 5 aliphatic heterocycles. The Bertz CT molecular complexity index is 4490. The third kappa shape index (κ3) is 18.3. The van der Waals surface area contributed by atoms with Gasteiger partial charge in [0.25, 0.3) is 0 Å². The Morgan fingerprint density at radius 1 is 0.386 bits per heavy atom. The van der Waals surface area contributed by atoms with Crippen LogP contribution in [0.15, 0.2) is 36.4 Å². The van der Waals surface area contributed by atoms with E-state index in [2.05, 4.69) is 14.2 Å². The second-order valence-corrected chi connectivity index (χ2v) is 32.3. The maximum Gasteiger partial charge on any atom is 0.426 e. The predicted molar refractivity (Wildman–Crippen MR) is 366 cm³/mol. The summed E-state index contributed by atoms with van der Waals surface area (Å²) in [6.07, 6.45) is -35.3. The Balaban J connectivity index is 0.000000181. The average Bonchev–Trinajstić information content (AvgIpc) is 1.56. The van der Waals surface area contributed by atoms with Crippen molar-refractivity contribution in [1.82, 2.24) is 0 Å². The molecule has 114 heavy (non-hydrogen) atoms. The van der Waals surface area contributed by atoms with Crippen molar-refractivity contribution in [3.63, 3.8) is 0 Å². The van der Waals surface area contributed by atoms with Crippen LogP contribution in [-0.4, -0.2) is 266 Å². The smallest absolute Gasteiger partial charge is 0.426 e. The first-order valence-corrected chi connectivity index (χ1v) is 39.1. The van der Waals surface area contributed by atoms with Crippen molar-refractivity contribution in [2.75, 3.05) is 17.3 Å². The number of hydrogen-bond donors (Lipinski definition) is 0. The summed E-state index contributed by atoms with van der Waals surface area (Å²) in [6, 6.07) is 9.36. The predicted octanol–water partition coefficient (Wildman–Crippen LogP) is -0.736. The molecule has 12 rings (SSSR count). The zero-order valence-electron chi connectivity index (χ0n) is 58.7. The minimum absolute atomic E-state index is 0.00328. The summed E-state index contributed by atoms with van der Waals surface area (Å²) in [7, 11) is 35.5. The molecule has 18 radical (unpaired) electrons. The Morgan fingerprint density at radius 3 is 1.08 bits per heavy atom. The molecule has 6 bridgehead atoms. The highest BCUT2D eigenvalue weighted by atomic mass is 32.2. The summed E-state index contributed by atoms with van der Waals surface area (Å²) < 4.78 is 269. The van der Waals surface area contributed by atoms with Gasteiger partial charge in [0.2, 0.25) is 18.3 Å². The molecule has 9 fully saturated rings. The van der Waals surface area contributed by atoms with Crippen molar-refractivity contribution in [3.8, 4) is 0 Å². The van der Waals surface area contributed by atoms with Gasteiger partial charge in [-0.25, -0.2) is 39.6 Å². The maximum absolute atomic E-state index is 13.3. The van der Waals surface area contributed by atoms with Gasteiger partial charge in [-0.05, 0) is 47.7 Å². The molecule has 5 saturated heterocycles. The Hall–Kier alpha value is -7.47. The first kappa shape index (κ1) is 88.9. The summed E-state index contributed by atoms with van der Waals surface area (Å²) in [4.78, 5) is 116. The van der Waals surface area contributed by atoms with Gasteiger partial charge in [-0.15, -0.1) is 0 Å². The minimum Gasteiger partial charge on any atom is -0.748 e. The van der Waals surface area contributed by atoms with Gasteiger partial charge in [0, 0.05) is 23.7 Å². The van der Waals surface area contributed by atoms with Crippen LogP contribution in [0.3, 0.4) is 0 Å². The number of alkyl halides is 9. The van der Waals surface area contributed by atoms with Crippen LogP contribution >= 0.6 is 0 Å². The molecule has 28 nitrogen and oxygen atoms in total. The molecule has 594 valence electrons. The topological polar surface area (TPSA) is 418 Å². The van der Waals surface area contributed by atoms with Crippen molar-refractivity contribution in [2.24, 2.45) is 59.2 Å². The van der Waals surface area contributed by atoms with E-state index in [0.29, 0.717) is 50.1 Å². The van der Waals surface area contributed by atoms with E-state index in [9.17, 15) is 122 Å². The number of ether oxygens (including phenoxy) is 10. The normalized spacial score (nSPS) is 28.7. The highest BCUT2D eigenvalue weighted by Gasteiger charge is 2.74. The van der Waals surface area contributed by atoms with Crippen LogP contribution in [0.1, 0.15) is 94.0 Å². The van der Waals surface area contributed by atoms with E-state index in [0.717, 1.165) is 0 Å². The van der Waals surface area contributed by atoms with Crippen molar-refractivity contribution in [3.05, 3.63) is 103 Å². The van der Waals surface area contributed by atoms with Gasteiger partial charge in [0.1, 0.15) is 60.3 Å². The molecule has 3 aromatic carbocycles. The van der Waals surface area contributed by atoms with Gasteiger partial charge < -0.3 is 61.0 Å². The molecule has 3 aromatic rings. The van der Waals surface area contributed by atoms with E-state index >= 15 is 0 Å². The number of benzene rings is 3. The Labute approximate surface area is 655 Å². The lowest BCUT2D eigenvalue weighted by Gasteiger charge is -2.32. The number of fused-ring (bicyclic) bond motifs is 3. The molecule has 5 heterocycles. The van der Waals surface area contributed by atoms with Crippen LogP contribution in [0.4, 0.5) is 39.5 Å². The van der Waals surface area contributed by atoms with Crippen molar-refractivity contribution < 1.29 is 169 Å². The zero-order valence-corrected chi connectivity index (χ0v) is 61.2. The maximum atomic E-state index is 13.3. The number of halogens is 9. The second kappa shape index (κ2) is 33.9. The molecular weight excluding hydrogens is 1590 g/mol. The standard InChI is InChI=1S/2C22H20B3F3O9S.C21H18B3F3O10S/c23-4-8-1-9(5-24)13(6-25)10(2-8)19(29)36-17-11-3-12-16(17)21(31)37-18(12)15(11)20(30)35-14(22(26,27)28)7-38(32,33)34;23-4-8-1-9(5-24)13(6-25)10(2-8)19(29)36-17-11-3-12-16(21(31)37-18(12)17)15(11)20(30)35-14(22(26,27)28)7-38(32,33)34;22-3-7-1-8(4-23)10(5-24)9(2-7)18(28)36-16-14-12(13-15(35-14)17(16)37-20(13)30)19(29)34-11(21(25,26)27)6-38(31,32)33/h2*1-2,11-12,14-18H,3-7H2,(H,32,33,34);1-2,11-17H,3-6H2,(H,31,32,33)/p-3. The van der Waals surface area contributed by atoms with Gasteiger partial charge in [-0.2, -0.15) is 39.5 Å². The lowest BCUT2D eigenvalue weighted by molar-refractivity contribution is -0.220. The SMILES string of the molecule is [B]Cc1cc(C[B])c(C[B])c(C(=O)OC2C3CC4C(OC(=O)C42)C3C(=O)OC(CS(=O)(=O)[O-])C(F)(F)F)c1.[B]Cc1cc(C[B])c(C[B])c(C(=O)OC2C3CC4C2OC(=O)C4C3C(=O)OC(CS(=O)(=O)[O-])C(F)(F)F)c1.[B]Cc1cc(C[B])c(C[B])c(C(=O)OC2C3OC(=O)C4C3OC2C4C(=O)OC(CS(=O)(=O)[O-])C(F)(F)F)c1. The summed E-state index contributed by atoms with van der Waals surface area (Å²) >= 11 is 0. The molecular formula is C65H55B9F9O28S3-3. The third-order valence-electron chi connectivity index (χ3n) is 21.3. The summed E-state index contributed by atoms with van der Waals surface area (Å²) in [5.74, 6) is -27.6. The van der Waals surface area contributed by atoms with Gasteiger partial charge in [-0.1, -0.05) is 108 Å². The van der Waals surface area contributed by atoms with Gasteiger partial charge >= 0.3 is 72.3 Å². The monoisotopic (exact) mass is 1650 g/mol. The van der Waals surface area contributed by atoms with Crippen LogP contribution < -0.4 is 0 Å². The molecule has 4 saturated carbocycles. The molecule has 0 amide bonds. The van der Waals surface area contributed by atoms with Crippen LogP contribution in [-0.2, 0) is 163 Å². The van der Waals surface area contributed by atoms with E-state index in [1.807, 2.05) is 0 Å². The van der Waals surface area contributed by atoms with E-state index in [-0.39, 0.29) is 86.4 Å². The fourth-order valence-electron chi connectivity index (χ4n) is 16.6. The Morgan fingerprint density at radius 2 is 0.711 bits per heavy atom. The molecule has 0 aromatic heterocycles. The van der Waals surface area contributed by atoms with E-state index < -0.39 is 246 Å². The number of carbonyl (C=O) groups is 9. The number of esters is 9. The summed E-state index contributed by atoms with van der Waals surface area (Å²) in [6.45, 7) is 0. The third-order valence-corrected chi connectivity index (χ3v) is 23.5. The van der Waals surface area contributed by atoms with Crippen LogP contribution in [0.25, 0.3) is 0 Å². The average molecular weight is 1650 g/mol. The lowest BCUT2D eigenvalue weighted by atomic mass is 9.78. The fourth-order valence-corrected chi connectivity index (χ4v) is 18.5. The van der Waals surface area contributed by atoms with Crippen molar-refractivity contribution in [2.45, 2.75) is 155 Å². The zero-order chi connectivity index (χ0) is 84.5. The number of hydrogen-bond acceptors (Lipinski definition) is 28. The molecule has 0 spiro atoms. The lowest BCUT2D eigenvalue weighted by Crippen LogP contribution is -2.50. The molecule has 21 unspecified atom stereocenters. The first-order chi connectivity index (χ1) is 53.1. The largest absolute Gasteiger partial charge is 0.748 e. The second-order valence-electron chi connectivity index (χ2n) is 27.9. The minimum atomic E-state index is -5.45. The first-order valence-electron chi connectivity index (χ1n) is 34.4. The quantitative estimate of drug-likeness (QED) is 0.0298. The van der Waals surface area contributed by atoms with Crippen LogP contribution in [0.5, 0.6) is 0 Å². The van der Waals surface area contributed by atoms with E-state index in [1.165, 1.54) is 18.2 Å². The molecule has 21 atom stereocenters. The molecule has 4 aliphatic carbocycles. The number of carbonyl (C=O) groups excluding carboxylic acids is 9. The van der Waals surface area contributed by atoms with Gasteiger partial charge in [0.15, 0.2) is 12.2 Å². The molecule has 0 N–H and O–H groups in total. The number of rotatable bonds is 27. The van der Waals surface area contributed by atoms with E-state index in [1.54, 1.807) is 18.2 Å². The van der Waals surface area contributed by atoms with Crippen LogP contribution in [0, 0.1) is 59.2 Å². The summed E-state index contributed by atoms with van der Waals surface area (Å²) in [5.41, 5.74) is 4.47. The molecule has 49 heteroatoms. The highest BCUT2D eigenvalue weighted by Crippen LogP contribution is 2.61. The van der Waals surface area contributed by atoms with Crippen LogP contribution in [0.2, 0.25) is 0 Å². The fraction of sp³-hybridized carbons (Fsp3) is 0.585. The van der Waals surface area contributed by atoms with E-state index in [4.69, 9.17) is 104 Å². The van der Waals surface area contributed by atoms with Crippen molar-refractivity contribution in [1.29, 1.82) is 0 Å². The Kier molecular flexibility index (Phi) is 26.4. The van der Waals surface area contributed by atoms with Gasteiger partial charge in [0.05, 0.1) is 147 Å². The van der Waals surface area contributed by atoms with Gasteiger partial charge in [-0.3, -0.25) is 28.8 Å². The molecule has 9 aliphatic rings. The van der Waals surface area contributed by atoms with Crippen molar-refractivity contribution >= 4 is 155 Å².